The van der Waals surface area contributed by atoms with Gasteiger partial charge in [-0.2, -0.15) is 0 Å². The number of anilines is 1. The predicted molar refractivity (Wildman–Crippen MR) is 64.3 cm³/mol. The molecule has 88 valence electrons. The van der Waals surface area contributed by atoms with E-state index >= 15 is 0 Å². The second-order valence-corrected chi connectivity index (χ2v) is 4.18. The van der Waals surface area contributed by atoms with Gasteiger partial charge in [-0.15, -0.1) is 0 Å². The summed E-state index contributed by atoms with van der Waals surface area (Å²) in [7, 11) is 0. The lowest BCUT2D eigenvalue weighted by Crippen LogP contribution is -2.20. The largest absolute Gasteiger partial charge is 0.488 e. The number of nitrogen functional groups attached to an aromatic ring is 1. The van der Waals surface area contributed by atoms with Gasteiger partial charge in [0, 0.05) is 5.56 Å². The Morgan fingerprint density at radius 1 is 1.31 bits per heavy atom. The zero-order valence-electron chi connectivity index (χ0n) is 9.86. The highest BCUT2D eigenvalue weighted by Gasteiger charge is 2.12. The van der Waals surface area contributed by atoms with Crippen molar-refractivity contribution in [3.8, 4) is 5.75 Å². The second kappa shape index (κ2) is 4.88. The van der Waals surface area contributed by atoms with Crippen LogP contribution in [0.4, 0.5) is 5.69 Å². The molecule has 4 N–H and O–H groups in total. The maximum Gasteiger partial charge on any atom is 0.248 e. The Hall–Kier alpha value is -1.71. The van der Waals surface area contributed by atoms with Crippen LogP contribution in [0.25, 0.3) is 0 Å². The summed E-state index contributed by atoms with van der Waals surface area (Å²) in [6.45, 7) is 6.07. The van der Waals surface area contributed by atoms with Crippen LogP contribution in [0.15, 0.2) is 18.2 Å². The van der Waals surface area contributed by atoms with Crippen molar-refractivity contribution in [1.82, 2.24) is 0 Å². The van der Waals surface area contributed by atoms with E-state index in [-0.39, 0.29) is 6.10 Å². The molecule has 1 unspecified atom stereocenters. The maximum absolute atomic E-state index is 11.0. The standard InChI is InChI=1S/C12H18N2O2/c1-7(2)8(3)16-11-6-9(12(14)15)4-5-10(11)13/h4-8H,13H2,1-3H3,(H2,14,15). The first-order valence-electron chi connectivity index (χ1n) is 5.27. The highest BCUT2D eigenvalue weighted by Crippen LogP contribution is 2.25. The fourth-order valence-electron chi connectivity index (χ4n) is 1.13. The molecule has 16 heavy (non-hydrogen) atoms. The van der Waals surface area contributed by atoms with Gasteiger partial charge in [0.25, 0.3) is 0 Å². The number of ether oxygens (including phenoxy) is 1. The molecule has 0 saturated carbocycles. The van der Waals surface area contributed by atoms with Gasteiger partial charge in [0.05, 0.1) is 11.8 Å². The molecule has 1 atom stereocenters. The number of hydrogen-bond donors (Lipinski definition) is 2. The summed E-state index contributed by atoms with van der Waals surface area (Å²) in [6, 6.07) is 4.80. The zero-order valence-corrected chi connectivity index (χ0v) is 9.86. The molecule has 0 aliphatic heterocycles. The van der Waals surface area contributed by atoms with Crippen LogP contribution >= 0.6 is 0 Å². The number of hydrogen-bond acceptors (Lipinski definition) is 3. The number of amides is 1. The Bertz CT molecular complexity index is 389. The number of carbonyl (C=O) groups is 1. The van der Waals surface area contributed by atoms with Crippen LogP contribution in [0.3, 0.4) is 0 Å². The highest BCUT2D eigenvalue weighted by molar-refractivity contribution is 5.93. The number of primary amides is 1. The van der Waals surface area contributed by atoms with Crippen LogP contribution in [-0.2, 0) is 0 Å². The van der Waals surface area contributed by atoms with E-state index in [0.29, 0.717) is 22.9 Å². The van der Waals surface area contributed by atoms with Crippen molar-refractivity contribution in [2.75, 3.05) is 5.73 Å². The number of benzene rings is 1. The number of nitrogens with two attached hydrogens (primary N) is 2. The summed E-state index contributed by atoms with van der Waals surface area (Å²) in [5, 5.41) is 0. The molecule has 0 radical (unpaired) electrons. The molecule has 0 fully saturated rings. The molecule has 0 aliphatic carbocycles. The van der Waals surface area contributed by atoms with Crippen LogP contribution in [0, 0.1) is 5.92 Å². The van der Waals surface area contributed by atoms with Gasteiger partial charge in [0.15, 0.2) is 0 Å². The van der Waals surface area contributed by atoms with E-state index in [9.17, 15) is 4.79 Å². The molecule has 1 amide bonds. The monoisotopic (exact) mass is 222 g/mol. The van der Waals surface area contributed by atoms with E-state index in [0.717, 1.165) is 0 Å². The van der Waals surface area contributed by atoms with Crippen molar-refractivity contribution in [1.29, 1.82) is 0 Å². The molecule has 0 saturated heterocycles. The molecule has 0 aliphatic rings. The SMILES string of the molecule is CC(C)C(C)Oc1cc(C(N)=O)ccc1N. The molecule has 4 nitrogen and oxygen atoms in total. The van der Waals surface area contributed by atoms with Crippen LogP contribution in [0.1, 0.15) is 31.1 Å². The fourth-order valence-corrected chi connectivity index (χ4v) is 1.13. The molecular weight excluding hydrogens is 204 g/mol. The summed E-state index contributed by atoms with van der Waals surface area (Å²) in [5.74, 6) is 0.399. The third-order valence-corrected chi connectivity index (χ3v) is 2.55. The van der Waals surface area contributed by atoms with Crippen LogP contribution in [-0.4, -0.2) is 12.0 Å². The first-order valence-corrected chi connectivity index (χ1v) is 5.27. The van der Waals surface area contributed by atoms with Gasteiger partial charge in [0.1, 0.15) is 5.75 Å². The molecular formula is C12H18N2O2. The zero-order chi connectivity index (χ0) is 12.3. The van der Waals surface area contributed by atoms with Gasteiger partial charge < -0.3 is 16.2 Å². The Morgan fingerprint density at radius 3 is 2.44 bits per heavy atom. The van der Waals surface area contributed by atoms with Crippen LogP contribution in [0.5, 0.6) is 5.75 Å². The van der Waals surface area contributed by atoms with Crippen molar-refractivity contribution in [3.63, 3.8) is 0 Å². The Labute approximate surface area is 95.6 Å². The van der Waals surface area contributed by atoms with Crippen molar-refractivity contribution < 1.29 is 9.53 Å². The highest BCUT2D eigenvalue weighted by atomic mass is 16.5. The smallest absolute Gasteiger partial charge is 0.248 e. The quantitative estimate of drug-likeness (QED) is 0.762. The van der Waals surface area contributed by atoms with Crippen molar-refractivity contribution in [3.05, 3.63) is 23.8 Å². The summed E-state index contributed by atoms with van der Waals surface area (Å²) >= 11 is 0. The topological polar surface area (TPSA) is 78.3 Å². The number of rotatable bonds is 4. The maximum atomic E-state index is 11.0. The van der Waals surface area contributed by atoms with Crippen molar-refractivity contribution in [2.24, 2.45) is 11.7 Å². The second-order valence-electron chi connectivity index (χ2n) is 4.18. The van der Waals surface area contributed by atoms with Crippen molar-refractivity contribution in [2.45, 2.75) is 26.9 Å². The Kier molecular flexibility index (Phi) is 3.77. The molecule has 4 heteroatoms. The molecule has 1 rings (SSSR count). The van der Waals surface area contributed by atoms with Gasteiger partial charge in [-0.1, -0.05) is 13.8 Å². The van der Waals surface area contributed by atoms with E-state index in [2.05, 4.69) is 13.8 Å². The third-order valence-electron chi connectivity index (χ3n) is 2.55. The molecule has 0 aromatic heterocycles. The summed E-state index contributed by atoms with van der Waals surface area (Å²) in [5.41, 5.74) is 11.9. The summed E-state index contributed by atoms with van der Waals surface area (Å²) in [4.78, 5) is 11.0. The molecule has 1 aromatic rings. The predicted octanol–water partition coefficient (Wildman–Crippen LogP) is 1.79. The number of carbonyl (C=O) groups excluding carboxylic acids is 1. The first kappa shape index (κ1) is 12.4. The van der Waals surface area contributed by atoms with Gasteiger partial charge in [-0.25, -0.2) is 0 Å². The molecule has 0 bridgehead atoms. The minimum absolute atomic E-state index is 0.0328. The lowest BCUT2D eigenvalue weighted by atomic mass is 10.1. The van der Waals surface area contributed by atoms with E-state index < -0.39 is 5.91 Å². The first-order chi connectivity index (χ1) is 7.41. The molecule has 1 aromatic carbocycles. The van der Waals surface area contributed by atoms with E-state index in [4.69, 9.17) is 16.2 Å². The van der Waals surface area contributed by atoms with Gasteiger partial charge >= 0.3 is 0 Å². The fraction of sp³-hybridized carbons (Fsp3) is 0.417. The Balaban J connectivity index is 2.94. The Morgan fingerprint density at radius 2 is 1.94 bits per heavy atom. The lowest BCUT2D eigenvalue weighted by molar-refractivity contribution is 0.0999. The summed E-state index contributed by atoms with van der Waals surface area (Å²) in [6.07, 6.45) is 0.0328. The third kappa shape index (κ3) is 2.89. The van der Waals surface area contributed by atoms with E-state index in [1.165, 1.54) is 0 Å². The molecule has 0 spiro atoms. The van der Waals surface area contributed by atoms with E-state index in [1.807, 2.05) is 6.92 Å². The normalized spacial score (nSPS) is 12.5. The van der Waals surface area contributed by atoms with Crippen molar-refractivity contribution >= 4 is 11.6 Å². The van der Waals surface area contributed by atoms with Gasteiger partial charge in [-0.3, -0.25) is 4.79 Å². The average molecular weight is 222 g/mol. The minimum atomic E-state index is -0.484. The van der Waals surface area contributed by atoms with Crippen LogP contribution < -0.4 is 16.2 Å². The summed E-state index contributed by atoms with van der Waals surface area (Å²) < 4.78 is 5.66. The molecule has 0 heterocycles. The average Bonchev–Trinajstić information content (AvgIpc) is 2.20. The van der Waals surface area contributed by atoms with Crippen LogP contribution in [0.2, 0.25) is 0 Å². The minimum Gasteiger partial charge on any atom is -0.488 e. The van der Waals surface area contributed by atoms with Gasteiger partial charge in [-0.05, 0) is 31.0 Å². The van der Waals surface area contributed by atoms with Gasteiger partial charge in [0.2, 0.25) is 5.91 Å². The lowest BCUT2D eigenvalue weighted by Gasteiger charge is -2.19. The van der Waals surface area contributed by atoms with E-state index in [1.54, 1.807) is 18.2 Å².